The van der Waals surface area contributed by atoms with E-state index in [1.165, 1.54) is 23.9 Å². The van der Waals surface area contributed by atoms with Crippen LogP contribution in [-0.2, 0) is 7.05 Å². The van der Waals surface area contributed by atoms with Gasteiger partial charge in [-0.2, -0.15) is 19.0 Å². The lowest BCUT2D eigenvalue weighted by atomic mass is 10.2. The van der Waals surface area contributed by atoms with E-state index in [4.69, 9.17) is 0 Å². The van der Waals surface area contributed by atoms with Crippen LogP contribution >= 0.6 is 0 Å². The molecule has 2 N–H and O–H groups in total. The minimum absolute atomic E-state index is 0.131. The summed E-state index contributed by atoms with van der Waals surface area (Å²) in [6.45, 7) is -1.72. The normalized spacial score (nSPS) is 12.7. The number of amides is 1. The van der Waals surface area contributed by atoms with Gasteiger partial charge in [-0.3, -0.25) is 9.48 Å². The quantitative estimate of drug-likeness (QED) is 0.854. The fraction of sp³-hybridized carbons (Fsp3) is 0.417. The van der Waals surface area contributed by atoms with Crippen molar-refractivity contribution in [3.63, 3.8) is 0 Å². The van der Waals surface area contributed by atoms with Gasteiger partial charge in [0.1, 0.15) is 0 Å². The second-order valence-corrected chi connectivity index (χ2v) is 4.48. The Balaban J connectivity index is 2.17. The van der Waals surface area contributed by atoms with E-state index in [0.717, 1.165) is 0 Å². The number of hydrogen-bond donors (Lipinski definition) is 2. The van der Waals surface area contributed by atoms with Crippen LogP contribution in [0.4, 0.5) is 8.78 Å². The predicted molar refractivity (Wildman–Crippen MR) is 68.7 cm³/mol. The maximum absolute atomic E-state index is 12.6. The highest BCUT2D eigenvalue weighted by molar-refractivity contribution is 5.92. The third-order valence-electron chi connectivity index (χ3n) is 3.04. The SMILES string of the molecule is Cc1cc(C(=O)NC(CO)c2ccnn2C)nn1C(F)F. The molecule has 1 atom stereocenters. The third kappa shape index (κ3) is 3.07. The molecule has 2 aromatic heterocycles. The van der Waals surface area contributed by atoms with Crippen molar-refractivity contribution >= 4 is 5.91 Å². The predicted octanol–water partition coefficient (Wildman–Crippen LogP) is 0.784. The first kappa shape index (κ1) is 15.1. The fourth-order valence-corrected chi connectivity index (χ4v) is 1.97. The van der Waals surface area contributed by atoms with E-state index in [2.05, 4.69) is 15.5 Å². The van der Waals surface area contributed by atoms with Crippen LogP contribution in [0.15, 0.2) is 18.3 Å². The summed E-state index contributed by atoms with van der Waals surface area (Å²) in [5, 5.41) is 19.4. The van der Waals surface area contributed by atoms with Crippen molar-refractivity contribution in [2.75, 3.05) is 6.61 Å². The Labute approximate surface area is 119 Å². The van der Waals surface area contributed by atoms with Crippen LogP contribution in [-0.4, -0.2) is 37.2 Å². The second-order valence-electron chi connectivity index (χ2n) is 4.48. The van der Waals surface area contributed by atoms with Gasteiger partial charge in [0.05, 0.1) is 18.3 Å². The zero-order chi connectivity index (χ0) is 15.6. The molecule has 0 aliphatic rings. The van der Waals surface area contributed by atoms with Gasteiger partial charge in [-0.25, -0.2) is 4.68 Å². The van der Waals surface area contributed by atoms with Crippen molar-refractivity contribution in [2.24, 2.45) is 7.05 Å². The number of aliphatic hydroxyl groups excluding tert-OH is 1. The number of halogens is 2. The molecule has 7 nitrogen and oxygen atoms in total. The number of nitrogens with one attached hydrogen (secondary N) is 1. The Kier molecular flexibility index (Phi) is 4.32. The van der Waals surface area contributed by atoms with Gasteiger partial charge in [-0.05, 0) is 19.1 Å². The molecular weight excluding hydrogens is 284 g/mol. The Bertz CT molecular complexity index is 637. The molecule has 0 aliphatic heterocycles. The monoisotopic (exact) mass is 299 g/mol. The molecule has 0 fully saturated rings. The topological polar surface area (TPSA) is 85.0 Å². The van der Waals surface area contributed by atoms with Crippen LogP contribution in [0, 0.1) is 6.92 Å². The van der Waals surface area contributed by atoms with Crippen LogP contribution < -0.4 is 5.32 Å². The largest absolute Gasteiger partial charge is 0.394 e. The van der Waals surface area contributed by atoms with Gasteiger partial charge in [0.2, 0.25) is 0 Å². The van der Waals surface area contributed by atoms with Crippen LogP contribution in [0.25, 0.3) is 0 Å². The Morgan fingerprint density at radius 1 is 1.52 bits per heavy atom. The molecule has 2 rings (SSSR count). The van der Waals surface area contributed by atoms with Gasteiger partial charge in [0, 0.05) is 18.9 Å². The first-order valence-corrected chi connectivity index (χ1v) is 6.18. The number of carbonyl (C=O) groups excluding carboxylic acids is 1. The molecule has 2 aromatic rings. The minimum atomic E-state index is -2.81. The summed E-state index contributed by atoms with van der Waals surface area (Å²) in [6.07, 6.45) is 1.53. The summed E-state index contributed by atoms with van der Waals surface area (Å²) in [4.78, 5) is 12.0. The van der Waals surface area contributed by atoms with E-state index in [1.807, 2.05) is 0 Å². The summed E-state index contributed by atoms with van der Waals surface area (Å²) < 4.78 is 27.2. The van der Waals surface area contributed by atoms with Crippen molar-refractivity contribution in [1.82, 2.24) is 24.9 Å². The summed E-state index contributed by atoms with van der Waals surface area (Å²) >= 11 is 0. The van der Waals surface area contributed by atoms with E-state index in [9.17, 15) is 18.7 Å². The summed E-state index contributed by atoms with van der Waals surface area (Å²) in [7, 11) is 1.67. The highest BCUT2D eigenvalue weighted by Crippen LogP contribution is 2.15. The average Bonchev–Trinajstić information content (AvgIpc) is 3.02. The van der Waals surface area contributed by atoms with Crippen LogP contribution in [0.1, 0.15) is 34.5 Å². The van der Waals surface area contributed by atoms with Crippen molar-refractivity contribution in [2.45, 2.75) is 19.5 Å². The second kappa shape index (κ2) is 6.00. The molecule has 9 heteroatoms. The number of aromatic nitrogens is 4. The zero-order valence-corrected chi connectivity index (χ0v) is 11.5. The maximum Gasteiger partial charge on any atom is 0.333 e. The van der Waals surface area contributed by atoms with E-state index in [0.29, 0.717) is 10.4 Å². The number of alkyl halides is 2. The van der Waals surface area contributed by atoms with Crippen molar-refractivity contribution < 1.29 is 18.7 Å². The Hall–Kier alpha value is -2.29. The van der Waals surface area contributed by atoms with E-state index in [1.54, 1.807) is 13.1 Å². The van der Waals surface area contributed by atoms with Crippen LogP contribution in [0.3, 0.4) is 0 Å². The van der Waals surface area contributed by atoms with Gasteiger partial charge >= 0.3 is 6.55 Å². The molecule has 0 saturated heterocycles. The Morgan fingerprint density at radius 2 is 2.24 bits per heavy atom. The first-order chi connectivity index (χ1) is 9.93. The number of rotatable bonds is 5. The number of nitrogens with zero attached hydrogens (tertiary/aromatic N) is 4. The number of hydrogen-bond acceptors (Lipinski definition) is 4. The van der Waals surface area contributed by atoms with E-state index in [-0.39, 0.29) is 18.0 Å². The van der Waals surface area contributed by atoms with Crippen molar-refractivity contribution in [3.8, 4) is 0 Å². The zero-order valence-electron chi connectivity index (χ0n) is 11.5. The van der Waals surface area contributed by atoms with Crippen molar-refractivity contribution in [1.29, 1.82) is 0 Å². The molecular formula is C12H15F2N5O2. The number of aliphatic hydroxyl groups is 1. The van der Waals surface area contributed by atoms with Gasteiger partial charge in [0.25, 0.3) is 5.91 Å². The molecule has 114 valence electrons. The molecule has 21 heavy (non-hydrogen) atoms. The molecule has 2 heterocycles. The van der Waals surface area contributed by atoms with Crippen LogP contribution in [0.5, 0.6) is 0 Å². The molecule has 0 spiro atoms. The van der Waals surface area contributed by atoms with Crippen LogP contribution in [0.2, 0.25) is 0 Å². The Morgan fingerprint density at radius 3 is 2.71 bits per heavy atom. The van der Waals surface area contributed by atoms with Crippen molar-refractivity contribution in [3.05, 3.63) is 35.4 Å². The minimum Gasteiger partial charge on any atom is -0.394 e. The molecule has 1 amide bonds. The summed E-state index contributed by atoms with van der Waals surface area (Å²) in [6, 6.07) is 2.21. The number of carbonyl (C=O) groups is 1. The van der Waals surface area contributed by atoms with Gasteiger partial charge in [0.15, 0.2) is 5.69 Å². The molecule has 0 aliphatic carbocycles. The lowest BCUT2D eigenvalue weighted by Crippen LogP contribution is -2.32. The highest BCUT2D eigenvalue weighted by atomic mass is 19.3. The molecule has 0 bridgehead atoms. The molecule has 1 unspecified atom stereocenters. The maximum atomic E-state index is 12.6. The summed E-state index contributed by atoms with van der Waals surface area (Å²) in [5.41, 5.74) is 0.639. The molecule has 0 radical (unpaired) electrons. The third-order valence-corrected chi connectivity index (χ3v) is 3.04. The number of aryl methyl sites for hydroxylation is 2. The lowest BCUT2D eigenvalue weighted by molar-refractivity contribution is 0.0538. The average molecular weight is 299 g/mol. The smallest absolute Gasteiger partial charge is 0.333 e. The van der Waals surface area contributed by atoms with Gasteiger partial charge in [-0.15, -0.1) is 0 Å². The van der Waals surface area contributed by atoms with Gasteiger partial charge in [-0.1, -0.05) is 0 Å². The highest BCUT2D eigenvalue weighted by Gasteiger charge is 2.21. The van der Waals surface area contributed by atoms with E-state index >= 15 is 0 Å². The standard InChI is InChI=1S/C12H15F2N5O2/c1-7-5-8(17-19(7)12(13)14)11(21)16-9(6-20)10-3-4-15-18(10)2/h3-5,9,12,20H,6H2,1-2H3,(H,16,21). The fourth-order valence-electron chi connectivity index (χ4n) is 1.97. The summed E-state index contributed by atoms with van der Waals surface area (Å²) in [5.74, 6) is -0.641. The van der Waals surface area contributed by atoms with E-state index < -0.39 is 18.5 Å². The lowest BCUT2D eigenvalue weighted by Gasteiger charge is -2.15. The molecule has 0 saturated carbocycles. The molecule has 0 aromatic carbocycles. The van der Waals surface area contributed by atoms with Gasteiger partial charge < -0.3 is 10.4 Å². The first-order valence-electron chi connectivity index (χ1n) is 6.18.